The summed E-state index contributed by atoms with van der Waals surface area (Å²) in [4.78, 5) is 11.8. The molecular weight excluding hydrogens is 394 g/mol. The topological polar surface area (TPSA) is 55.2 Å². The van der Waals surface area contributed by atoms with Gasteiger partial charge in [0.25, 0.3) is 0 Å². The molecule has 1 unspecified atom stereocenters. The molecule has 1 aliphatic heterocycles. The first-order chi connectivity index (χ1) is 13.2. The molecule has 4 rings (SSSR count). The normalized spacial score (nSPS) is 17.3. The first-order valence-corrected chi connectivity index (χ1v) is 10.1. The number of nitrogens with zero attached hydrogens (tertiary/aromatic N) is 4. The zero-order chi connectivity index (χ0) is 18.6. The number of benzene rings is 1. The van der Waals surface area contributed by atoms with Gasteiger partial charge in [0.05, 0.1) is 11.7 Å². The Morgan fingerprint density at radius 2 is 2.11 bits per heavy atom. The number of imidazole rings is 1. The number of aromatic nitrogens is 3. The summed E-state index contributed by atoms with van der Waals surface area (Å²) in [5.41, 5.74) is 2.33. The van der Waals surface area contributed by atoms with Crippen molar-refractivity contribution in [1.82, 2.24) is 24.8 Å². The molecule has 3 heterocycles. The molecule has 1 atom stereocenters. The van der Waals surface area contributed by atoms with Gasteiger partial charge >= 0.3 is 0 Å². The Morgan fingerprint density at radius 1 is 1.29 bits per heavy atom. The summed E-state index contributed by atoms with van der Waals surface area (Å²) in [6.07, 6.45) is 3.87. The number of ether oxygens (including phenoxy) is 1. The van der Waals surface area contributed by atoms with E-state index in [0.29, 0.717) is 6.61 Å². The van der Waals surface area contributed by atoms with Crippen LogP contribution in [0.25, 0.3) is 0 Å². The van der Waals surface area contributed by atoms with Gasteiger partial charge in [-0.15, -0.1) is 23.7 Å². The van der Waals surface area contributed by atoms with E-state index in [0.717, 1.165) is 48.5 Å². The third kappa shape index (κ3) is 4.91. The van der Waals surface area contributed by atoms with Crippen LogP contribution in [0.4, 0.5) is 0 Å². The van der Waals surface area contributed by atoms with Gasteiger partial charge in [0.15, 0.2) is 0 Å². The third-order valence-corrected chi connectivity index (χ3v) is 5.73. The molecule has 1 fully saturated rings. The second-order valence-corrected chi connectivity index (χ2v) is 7.86. The van der Waals surface area contributed by atoms with E-state index < -0.39 is 0 Å². The molecule has 6 nitrogen and oxygen atoms in total. The molecule has 0 spiro atoms. The predicted molar refractivity (Wildman–Crippen MR) is 114 cm³/mol. The summed E-state index contributed by atoms with van der Waals surface area (Å²) in [6.45, 7) is 6.32. The molecule has 1 aliphatic rings. The highest BCUT2D eigenvalue weighted by Gasteiger charge is 2.27. The van der Waals surface area contributed by atoms with E-state index in [4.69, 9.17) is 9.72 Å². The lowest BCUT2D eigenvalue weighted by Gasteiger charge is -2.35. The molecule has 1 aromatic carbocycles. The molecule has 1 saturated heterocycles. The van der Waals surface area contributed by atoms with Crippen LogP contribution >= 0.6 is 23.7 Å². The van der Waals surface area contributed by atoms with Crippen molar-refractivity contribution in [2.24, 2.45) is 7.05 Å². The van der Waals surface area contributed by atoms with Gasteiger partial charge in [-0.3, -0.25) is 4.90 Å². The highest BCUT2D eigenvalue weighted by atomic mass is 35.5. The molecule has 28 heavy (non-hydrogen) atoms. The van der Waals surface area contributed by atoms with Crippen LogP contribution in [-0.2, 0) is 20.2 Å². The first kappa shape index (κ1) is 20.8. The predicted octanol–water partition coefficient (Wildman–Crippen LogP) is 3.33. The van der Waals surface area contributed by atoms with E-state index >= 15 is 0 Å². The first-order valence-electron chi connectivity index (χ1n) is 9.24. The van der Waals surface area contributed by atoms with Crippen molar-refractivity contribution in [1.29, 1.82) is 0 Å². The molecule has 0 aliphatic carbocycles. The van der Waals surface area contributed by atoms with Crippen LogP contribution in [0, 0.1) is 6.92 Å². The smallest absolute Gasteiger partial charge is 0.140 e. The van der Waals surface area contributed by atoms with Crippen molar-refractivity contribution in [3.63, 3.8) is 0 Å². The molecule has 0 radical (unpaired) electrons. The maximum absolute atomic E-state index is 5.86. The van der Waals surface area contributed by atoms with Gasteiger partial charge in [-0.2, -0.15) is 0 Å². The lowest BCUT2D eigenvalue weighted by Crippen LogP contribution is -2.46. The highest BCUT2D eigenvalue weighted by molar-refractivity contribution is 7.09. The number of piperazine rings is 1. The zero-order valence-corrected chi connectivity index (χ0v) is 17.8. The number of aryl methyl sites for hydroxylation is 2. The SMILES string of the molecule is Cc1ccc(OCc2nc(CN3CCNCC3c3nccn3C)cs2)cc1.Cl. The highest BCUT2D eigenvalue weighted by Crippen LogP contribution is 2.24. The van der Waals surface area contributed by atoms with Crippen LogP contribution in [0.3, 0.4) is 0 Å². The Morgan fingerprint density at radius 3 is 2.86 bits per heavy atom. The van der Waals surface area contributed by atoms with E-state index in [1.165, 1.54) is 5.56 Å². The van der Waals surface area contributed by atoms with Gasteiger partial charge in [0.1, 0.15) is 23.2 Å². The minimum Gasteiger partial charge on any atom is -0.486 e. The molecule has 0 amide bonds. The second-order valence-electron chi connectivity index (χ2n) is 6.92. The largest absolute Gasteiger partial charge is 0.486 e. The van der Waals surface area contributed by atoms with Crippen LogP contribution in [0.2, 0.25) is 0 Å². The summed E-state index contributed by atoms with van der Waals surface area (Å²) >= 11 is 1.66. The van der Waals surface area contributed by atoms with E-state index in [1.54, 1.807) is 11.3 Å². The second kappa shape index (κ2) is 9.52. The number of hydrogen-bond acceptors (Lipinski definition) is 6. The monoisotopic (exact) mass is 419 g/mol. The molecule has 1 N–H and O–H groups in total. The Kier molecular flexibility index (Phi) is 7.07. The van der Waals surface area contributed by atoms with Crippen molar-refractivity contribution >= 4 is 23.7 Å². The van der Waals surface area contributed by atoms with Crippen molar-refractivity contribution in [2.45, 2.75) is 26.1 Å². The minimum absolute atomic E-state index is 0. The number of thiazole rings is 1. The number of nitrogens with one attached hydrogen (secondary N) is 1. The molecule has 0 saturated carbocycles. The van der Waals surface area contributed by atoms with Gasteiger partial charge in [0, 0.05) is 51.0 Å². The van der Waals surface area contributed by atoms with Crippen molar-refractivity contribution in [3.8, 4) is 5.75 Å². The number of halogens is 1. The number of rotatable bonds is 6. The fraction of sp³-hybridized carbons (Fsp3) is 0.400. The molecular formula is C20H26ClN5OS. The minimum atomic E-state index is 0. The van der Waals surface area contributed by atoms with Crippen molar-refractivity contribution in [3.05, 3.63) is 64.1 Å². The Labute approximate surface area is 176 Å². The van der Waals surface area contributed by atoms with Crippen LogP contribution in [-0.4, -0.2) is 39.1 Å². The fourth-order valence-electron chi connectivity index (χ4n) is 3.36. The summed E-state index contributed by atoms with van der Waals surface area (Å²) in [5.74, 6) is 1.98. The molecule has 3 aromatic rings. The average molecular weight is 420 g/mol. The van der Waals surface area contributed by atoms with Gasteiger partial charge < -0.3 is 14.6 Å². The van der Waals surface area contributed by atoms with Gasteiger partial charge in [0.2, 0.25) is 0 Å². The van der Waals surface area contributed by atoms with E-state index in [2.05, 4.69) is 51.3 Å². The van der Waals surface area contributed by atoms with Crippen molar-refractivity contribution < 1.29 is 4.74 Å². The summed E-state index contributed by atoms with van der Waals surface area (Å²) in [5, 5.41) is 6.63. The van der Waals surface area contributed by atoms with Crippen molar-refractivity contribution in [2.75, 3.05) is 19.6 Å². The Bertz CT molecular complexity index is 879. The Hall–Kier alpha value is -1.93. The number of hydrogen-bond donors (Lipinski definition) is 1. The van der Waals surface area contributed by atoms with Crippen LogP contribution in [0.5, 0.6) is 5.75 Å². The van der Waals surface area contributed by atoms with Crippen LogP contribution < -0.4 is 10.1 Å². The molecule has 150 valence electrons. The van der Waals surface area contributed by atoms with Crippen LogP contribution in [0.15, 0.2) is 42.0 Å². The van der Waals surface area contributed by atoms with Gasteiger partial charge in [-0.05, 0) is 19.1 Å². The third-order valence-electron chi connectivity index (χ3n) is 4.86. The van der Waals surface area contributed by atoms with Gasteiger partial charge in [-0.1, -0.05) is 17.7 Å². The maximum Gasteiger partial charge on any atom is 0.140 e. The van der Waals surface area contributed by atoms with E-state index in [-0.39, 0.29) is 18.4 Å². The summed E-state index contributed by atoms with van der Waals surface area (Å²) < 4.78 is 7.96. The molecule has 2 aromatic heterocycles. The molecule has 0 bridgehead atoms. The quantitative estimate of drug-likeness (QED) is 0.664. The lowest BCUT2D eigenvalue weighted by molar-refractivity contribution is 0.143. The summed E-state index contributed by atoms with van der Waals surface area (Å²) in [6, 6.07) is 8.40. The average Bonchev–Trinajstić information content (AvgIpc) is 3.31. The Balaban J connectivity index is 0.00000225. The summed E-state index contributed by atoms with van der Waals surface area (Å²) in [7, 11) is 2.05. The standard InChI is InChI=1S/C20H25N5OS.ClH/c1-15-3-5-17(6-4-15)26-13-19-23-16(14-27-19)12-25-10-7-21-11-18(25)20-22-8-9-24(20)2;/h3-6,8-9,14,18,21H,7,10-13H2,1-2H3;1H. The fourth-order valence-corrected chi connectivity index (χ4v) is 4.06. The lowest BCUT2D eigenvalue weighted by atomic mass is 10.1. The van der Waals surface area contributed by atoms with Crippen LogP contribution in [0.1, 0.15) is 28.1 Å². The van der Waals surface area contributed by atoms with E-state index in [9.17, 15) is 0 Å². The maximum atomic E-state index is 5.86. The molecule has 8 heteroatoms. The van der Waals surface area contributed by atoms with E-state index in [1.807, 2.05) is 24.5 Å². The van der Waals surface area contributed by atoms with Gasteiger partial charge in [-0.25, -0.2) is 9.97 Å². The zero-order valence-electron chi connectivity index (χ0n) is 16.2.